The predicted octanol–water partition coefficient (Wildman–Crippen LogP) is 6.91. The summed E-state index contributed by atoms with van der Waals surface area (Å²) in [6.45, 7) is 3.08. The van der Waals surface area contributed by atoms with Crippen LogP contribution in [0.1, 0.15) is 68.6 Å². The number of allylic oxidation sites excluding steroid dienone is 1. The quantitative estimate of drug-likeness (QED) is 0.476. The summed E-state index contributed by atoms with van der Waals surface area (Å²) in [5.41, 5.74) is 5.62. The summed E-state index contributed by atoms with van der Waals surface area (Å²) in [5, 5.41) is 0. The minimum absolute atomic E-state index is 0.832. The average molecular weight is 335 g/mol. The van der Waals surface area contributed by atoms with Gasteiger partial charge in [0.15, 0.2) is 0 Å². The normalized spacial score (nSPS) is 13.7. The Morgan fingerprint density at radius 2 is 1.64 bits per heavy atom. The topological polar surface area (TPSA) is 9.23 Å². The molecule has 0 saturated heterocycles. The van der Waals surface area contributed by atoms with Crippen molar-refractivity contribution < 1.29 is 4.74 Å². The Morgan fingerprint density at radius 1 is 0.840 bits per heavy atom. The molecule has 0 amide bonds. The number of rotatable bonds is 8. The summed E-state index contributed by atoms with van der Waals surface area (Å²) in [4.78, 5) is 0. The predicted molar refractivity (Wildman–Crippen MR) is 108 cm³/mol. The van der Waals surface area contributed by atoms with Gasteiger partial charge in [0.05, 0.1) is 6.61 Å². The minimum Gasteiger partial charge on any atom is -0.494 e. The molecule has 1 nitrogen and oxygen atoms in total. The molecule has 0 N–H and O–H groups in total. The molecule has 0 saturated carbocycles. The SMILES string of the molecule is CCCCCCCOc1ccc(C2=Cc3ccccc3CCC2)cc1. The molecule has 0 aliphatic heterocycles. The van der Waals surface area contributed by atoms with Crippen molar-refractivity contribution in [3.8, 4) is 5.75 Å². The van der Waals surface area contributed by atoms with Crippen molar-refractivity contribution in [2.24, 2.45) is 0 Å². The average Bonchev–Trinajstić information content (AvgIpc) is 2.87. The summed E-state index contributed by atoms with van der Waals surface area (Å²) in [6, 6.07) is 17.4. The van der Waals surface area contributed by atoms with E-state index in [1.807, 2.05) is 0 Å². The van der Waals surface area contributed by atoms with E-state index in [-0.39, 0.29) is 0 Å². The van der Waals surface area contributed by atoms with Gasteiger partial charge in [-0.2, -0.15) is 0 Å². The molecule has 132 valence electrons. The van der Waals surface area contributed by atoms with Gasteiger partial charge in [-0.3, -0.25) is 0 Å². The van der Waals surface area contributed by atoms with E-state index in [0.29, 0.717) is 0 Å². The lowest BCUT2D eigenvalue weighted by Crippen LogP contribution is -1.97. The Bertz CT molecular complexity index is 681. The Labute approximate surface area is 152 Å². The molecule has 0 atom stereocenters. The third-order valence-corrected chi connectivity index (χ3v) is 5.02. The monoisotopic (exact) mass is 334 g/mol. The van der Waals surface area contributed by atoms with Crippen LogP contribution in [-0.2, 0) is 6.42 Å². The molecule has 0 bridgehead atoms. The third kappa shape index (κ3) is 5.22. The highest BCUT2D eigenvalue weighted by atomic mass is 16.5. The molecule has 0 heterocycles. The molecule has 3 rings (SSSR count). The van der Waals surface area contributed by atoms with Gasteiger partial charge in [-0.15, -0.1) is 0 Å². The van der Waals surface area contributed by atoms with E-state index in [9.17, 15) is 0 Å². The van der Waals surface area contributed by atoms with E-state index < -0.39 is 0 Å². The Balaban J connectivity index is 1.58. The van der Waals surface area contributed by atoms with E-state index in [1.54, 1.807) is 0 Å². The molecule has 0 unspecified atom stereocenters. The summed E-state index contributed by atoms with van der Waals surface area (Å²) < 4.78 is 5.89. The van der Waals surface area contributed by atoms with E-state index in [4.69, 9.17) is 4.74 Å². The van der Waals surface area contributed by atoms with Crippen molar-refractivity contribution >= 4 is 11.6 Å². The molecule has 0 aromatic heterocycles. The molecular weight excluding hydrogens is 304 g/mol. The maximum atomic E-state index is 5.89. The lowest BCUT2D eigenvalue weighted by molar-refractivity contribution is 0.304. The second-order valence-corrected chi connectivity index (χ2v) is 7.01. The van der Waals surface area contributed by atoms with Crippen LogP contribution < -0.4 is 4.74 Å². The molecule has 1 aliphatic rings. The van der Waals surface area contributed by atoms with Crippen molar-refractivity contribution in [2.45, 2.75) is 58.3 Å². The fourth-order valence-electron chi connectivity index (χ4n) is 3.52. The molecule has 2 aromatic carbocycles. The molecular formula is C24H30O. The number of aryl methyl sites for hydroxylation is 1. The smallest absolute Gasteiger partial charge is 0.119 e. The van der Waals surface area contributed by atoms with Crippen LogP contribution in [-0.4, -0.2) is 6.61 Å². The first-order valence-corrected chi connectivity index (χ1v) is 9.88. The van der Waals surface area contributed by atoms with Crippen molar-refractivity contribution in [3.05, 3.63) is 65.2 Å². The number of benzene rings is 2. The van der Waals surface area contributed by atoms with E-state index in [2.05, 4.69) is 61.5 Å². The van der Waals surface area contributed by atoms with Gasteiger partial charge in [0.1, 0.15) is 5.75 Å². The highest BCUT2D eigenvalue weighted by Gasteiger charge is 2.10. The van der Waals surface area contributed by atoms with Crippen molar-refractivity contribution in [1.29, 1.82) is 0 Å². The van der Waals surface area contributed by atoms with Crippen molar-refractivity contribution in [1.82, 2.24) is 0 Å². The lowest BCUT2D eigenvalue weighted by Gasteiger charge is -2.09. The van der Waals surface area contributed by atoms with Gasteiger partial charge in [-0.1, -0.05) is 75.1 Å². The van der Waals surface area contributed by atoms with Crippen molar-refractivity contribution in [3.63, 3.8) is 0 Å². The zero-order chi connectivity index (χ0) is 17.3. The standard InChI is InChI=1S/C24H30O/c1-2-3-4-5-8-18-25-24-16-14-21(15-17-24)23-13-9-12-20-10-6-7-11-22(20)19-23/h6-7,10-11,14-17,19H,2-5,8-9,12-13,18H2,1H3. The van der Waals surface area contributed by atoms with Gasteiger partial charge in [0.25, 0.3) is 0 Å². The van der Waals surface area contributed by atoms with Gasteiger partial charge in [-0.05, 0) is 60.1 Å². The van der Waals surface area contributed by atoms with E-state index in [1.165, 1.54) is 60.8 Å². The Kier molecular flexibility index (Phi) is 6.73. The van der Waals surface area contributed by atoms with Gasteiger partial charge in [-0.25, -0.2) is 0 Å². The first kappa shape index (κ1) is 17.8. The van der Waals surface area contributed by atoms with Crippen LogP contribution in [0.15, 0.2) is 48.5 Å². The fourth-order valence-corrected chi connectivity index (χ4v) is 3.52. The second-order valence-electron chi connectivity index (χ2n) is 7.01. The summed E-state index contributed by atoms with van der Waals surface area (Å²) in [5.74, 6) is 0.994. The lowest BCUT2D eigenvalue weighted by atomic mass is 10.0. The number of unbranched alkanes of at least 4 members (excludes halogenated alkanes) is 4. The van der Waals surface area contributed by atoms with Gasteiger partial charge in [0, 0.05) is 0 Å². The van der Waals surface area contributed by atoms with E-state index in [0.717, 1.165) is 25.2 Å². The molecule has 0 spiro atoms. The highest BCUT2D eigenvalue weighted by molar-refractivity contribution is 5.83. The first-order chi connectivity index (χ1) is 12.4. The largest absolute Gasteiger partial charge is 0.494 e. The van der Waals surface area contributed by atoms with Crippen LogP contribution in [0.4, 0.5) is 0 Å². The summed E-state index contributed by atoms with van der Waals surface area (Å²) in [6.07, 6.45) is 12.3. The number of ether oxygens (including phenoxy) is 1. The molecule has 1 aliphatic carbocycles. The summed E-state index contributed by atoms with van der Waals surface area (Å²) in [7, 11) is 0. The Hall–Kier alpha value is -2.02. The molecule has 2 aromatic rings. The molecule has 1 heteroatoms. The van der Waals surface area contributed by atoms with Crippen molar-refractivity contribution in [2.75, 3.05) is 6.61 Å². The number of hydrogen-bond acceptors (Lipinski definition) is 1. The van der Waals surface area contributed by atoms with Crippen LogP contribution in [0.2, 0.25) is 0 Å². The second kappa shape index (κ2) is 9.46. The van der Waals surface area contributed by atoms with Crippen LogP contribution in [0.5, 0.6) is 5.75 Å². The van der Waals surface area contributed by atoms with Gasteiger partial charge >= 0.3 is 0 Å². The van der Waals surface area contributed by atoms with Crippen LogP contribution in [0, 0.1) is 0 Å². The summed E-state index contributed by atoms with van der Waals surface area (Å²) >= 11 is 0. The number of fused-ring (bicyclic) bond motifs is 1. The molecule has 0 fully saturated rings. The Morgan fingerprint density at radius 3 is 2.48 bits per heavy atom. The highest BCUT2D eigenvalue weighted by Crippen LogP contribution is 2.30. The minimum atomic E-state index is 0.832. The third-order valence-electron chi connectivity index (χ3n) is 5.02. The van der Waals surface area contributed by atoms with Gasteiger partial charge < -0.3 is 4.74 Å². The molecule has 0 radical (unpaired) electrons. The maximum Gasteiger partial charge on any atom is 0.119 e. The van der Waals surface area contributed by atoms with Gasteiger partial charge in [0.2, 0.25) is 0 Å². The fraction of sp³-hybridized carbons (Fsp3) is 0.417. The van der Waals surface area contributed by atoms with Crippen LogP contribution >= 0.6 is 0 Å². The number of hydrogen-bond donors (Lipinski definition) is 0. The van der Waals surface area contributed by atoms with E-state index >= 15 is 0 Å². The zero-order valence-corrected chi connectivity index (χ0v) is 15.5. The zero-order valence-electron chi connectivity index (χ0n) is 15.5. The van der Waals surface area contributed by atoms with Crippen LogP contribution in [0.25, 0.3) is 11.6 Å². The molecule has 25 heavy (non-hydrogen) atoms. The first-order valence-electron chi connectivity index (χ1n) is 9.88. The maximum absolute atomic E-state index is 5.89. The van der Waals surface area contributed by atoms with Crippen LogP contribution in [0.3, 0.4) is 0 Å².